The van der Waals surface area contributed by atoms with E-state index in [1.807, 2.05) is 6.92 Å². The second-order valence-corrected chi connectivity index (χ2v) is 7.35. The summed E-state index contributed by atoms with van der Waals surface area (Å²) >= 11 is 0. The zero-order chi connectivity index (χ0) is 20.6. The molecule has 0 aromatic carbocycles. The van der Waals surface area contributed by atoms with Crippen LogP contribution in [0.15, 0.2) is 0 Å². The van der Waals surface area contributed by atoms with E-state index in [0.717, 1.165) is 45.6 Å². The number of urea groups is 1. The van der Waals surface area contributed by atoms with Gasteiger partial charge in [0.25, 0.3) is 0 Å². The van der Waals surface area contributed by atoms with Gasteiger partial charge in [-0.05, 0) is 26.3 Å². The highest BCUT2D eigenvalue weighted by Gasteiger charge is 2.24. The monoisotopic (exact) mass is 400 g/mol. The average Bonchev–Trinajstić information content (AvgIpc) is 2.68. The Morgan fingerprint density at radius 1 is 0.964 bits per heavy atom. The molecule has 1 fully saturated rings. The Kier molecular flexibility index (Phi) is 13.9. The van der Waals surface area contributed by atoms with Crippen LogP contribution in [0, 0.1) is 0 Å². The quantitative estimate of drug-likeness (QED) is 0.401. The van der Waals surface area contributed by atoms with Crippen molar-refractivity contribution >= 4 is 11.8 Å². The number of nitrogens with zero attached hydrogens (tertiary/aromatic N) is 2. The lowest BCUT2D eigenvalue weighted by atomic mass is 10.1. The summed E-state index contributed by atoms with van der Waals surface area (Å²) in [7, 11) is 2.10. The maximum Gasteiger partial charge on any atom is 0.315 e. The normalized spacial score (nSPS) is 16.7. The Bertz CT molecular complexity index is 428. The second-order valence-electron chi connectivity index (χ2n) is 7.35. The summed E-state index contributed by atoms with van der Waals surface area (Å²) in [6.45, 7) is 11.4. The van der Waals surface area contributed by atoms with Crippen molar-refractivity contribution in [3.63, 3.8) is 0 Å². The minimum Gasteiger partial charge on any atom is -0.381 e. The molecule has 0 saturated carbocycles. The number of amides is 2. The number of ketones is 1. The first-order valence-electron chi connectivity index (χ1n) is 10.7. The van der Waals surface area contributed by atoms with Crippen LogP contribution in [0.4, 0.5) is 4.79 Å². The lowest BCUT2D eigenvalue weighted by Gasteiger charge is -2.34. The highest BCUT2D eigenvalue weighted by Crippen LogP contribution is 2.04. The molecule has 8 nitrogen and oxygen atoms in total. The summed E-state index contributed by atoms with van der Waals surface area (Å²) in [5.41, 5.74) is 0. The van der Waals surface area contributed by atoms with Crippen molar-refractivity contribution in [3.8, 4) is 0 Å². The van der Waals surface area contributed by atoms with Crippen molar-refractivity contribution in [3.05, 3.63) is 0 Å². The smallest absolute Gasteiger partial charge is 0.315 e. The van der Waals surface area contributed by atoms with E-state index in [1.165, 1.54) is 0 Å². The largest absolute Gasteiger partial charge is 0.381 e. The molecule has 0 aliphatic carbocycles. The van der Waals surface area contributed by atoms with Gasteiger partial charge in [0.15, 0.2) is 5.78 Å². The molecular weight excluding hydrogens is 360 g/mol. The molecule has 1 atom stereocenters. The third-order valence-corrected chi connectivity index (χ3v) is 4.67. The van der Waals surface area contributed by atoms with E-state index in [4.69, 9.17) is 9.47 Å². The van der Waals surface area contributed by atoms with E-state index in [9.17, 15) is 9.59 Å². The van der Waals surface area contributed by atoms with Crippen LogP contribution >= 0.6 is 0 Å². The Labute approximate surface area is 170 Å². The van der Waals surface area contributed by atoms with E-state index < -0.39 is 6.04 Å². The average molecular weight is 401 g/mol. The van der Waals surface area contributed by atoms with Crippen LogP contribution < -0.4 is 10.6 Å². The summed E-state index contributed by atoms with van der Waals surface area (Å²) in [6, 6.07) is -0.805. The van der Waals surface area contributed by atoms with Crippen LogP contribution in [0.25, 0.3) is 0 Å². The van der Waals surface area contributed by atoms with Gasteiger partial charge < -0.3 is 25.0 Å². The van der Waals surface area contributed by atoms with Crippen LogP contribution in [0.2, 0.25) is 0 Å². The van der Waals surface area contributed by atoms with E-state index in [2.05, 4.69) is 34.4 Å². The van der Waals surface area contributed by atoms with Gasteiger partial charge in [0.1, 0.15) is 6.04 Å². The summed E-state index contributed by atoms with van der Waals surface area (Å²) in [5, 5.41) is 5.64. The number of hydrogen-bond donors (Lipinski definition) is 2. The van der Waals surface area contributed by atoms with Crippen LogP contribution in [0.3, 0.4) is 0 Å². The first-order chi connectivity index (χ1) is 13.6. The van der Waals surface area contributed by atoms with Gasteiger partial charge in [0.2, 0.25) is 0 Å². The molecule has 1 heterocycles. The predicted octanol–water partition coefficient (Wildman–Crippen LogP) is 1.10. The van der Waals surface area contributed by atoms with Crippen molar-refractivity contribution in [2.75, 3.05) is 72.7 Å². The number of Topliss-reactive ketones (excluding diaryl/α,β-unsaturated/α-hetero) is 1. The molecule has 8 heteroatoms. The molecule has 1 aliphatic rings. The highest BCUT2D eigenvalue weighted by molar-refractivity contribution is 5.88. The fourth-order valence-corrected chi connectivity index (χ4v) is 2.98. The molecule has 0 bridgehead atoms. The number of likely N-dealkylation sites (N-methyl/N-ethyl adjacent to an activating group) is 1. The Morgan fingerprint density at radius 3 is 2.25 bits per heavy atom. The molecule has 1 aliphatic heterocycles. The number of nitrogens with one attached hydrogen (secondary N) is 2. The van der Waals surface area contributed by atoms with Gasteiger partial charge in [-0.1, -0.05) is 13.8 Å². The SMILES string of the molecule is CCCOCCCC(=O)C(CN1CCN(C)CC1)NC(=O)NCCOCCC. The number of rotatable bonds is 15. The van der Waals surface area contributed by atoms with E-state index in [1.54, 1.807) is 0 Å². The van der Waals surface area contributed by atoms with E-state index >= 15 is 0 Å². The fraction of sp³-hybridized carbons (Fsp3) is 0.900. The van der Waals surface area contributed by atoms with Crippen molar-refractivity contribution in [2.45, 2.75) is 45.6 Å². The first-order valence-corrected chi connectivity index (χ1v) is 10.7. The van der Waals surface area contributed by atoms with E-state index in [-0.39, 0.29) is 11.8 Å². The van der Waals surface area contributed by atoms with Crippen LogP contribution in [-0.4, -0.2) is 100 Å². The molecule has 1 saturated heterocycles. The van der Waals surface area contributed by atoms with Crippen LogP contribution in [0.1, 0.15) is 39.5 Å². The third-order valence-electron chi connectivity index (χ3n) is 4.67. The minimum atomic E-state index is -0.494. The lowest BCUT2D eigenvalue weighted by Crippen LogP contribution is -2.55. The van der Waals surface area contributed by atoms with Crippen molar-refractivity contribution in [2.24, 2.45) is 0 Å². The number of carbonyl (C=O) groups is 2. The Balaban J connectivity index is 2.44. The van der Waals surface area contributed by atoms with Crippen LogP contribution in [-0.2, 0) is 14.3 Å². The summed E-state index contributed by atoms with van der Waals surface area (Å²) < 4.78 is 10.8. The summed E-state index contributed by atoms with van der Waals surface area (Å²) in [5.74, 6) is 0.0661. The number of carbonyl (C=O) groups excluding carboxylic acids is 2. The molecule has 28 heavy (non-hydrogen) atoms. The van der Waals surface area contributed by atoms with Crippen molar-refractivity contribution in [1.82, 2.24) is 20.4 Å². The molecule has 2 N–H and O–H groups in total. The number of ether oxygens (including phenoxy) is 2. The Morgan fingerprint density at radius 2 is 1.61 bits per heavy atom. The lowest BCUT2D eigenvalue weighted by molar-refractivity contribution is -0.121. The molecule has 0 spiro atoms. The van der Waals surface area contributed by atoms with Crippen LogP contribution in [0.5, 0.6) is 0 Å². The summed E-state index contributed by atoms with van der Waals surface area (Å²) in [4.78, 5) is 29.4. The van der Waals surface area contributed by atoms with Crippen molar-refractivity contribution in [1.29, 1.82) is 0 Å². The molecule has 164 valence electrons. The molecule has 0 aromatic rings. The van der Waals surface area contributed by atoms with Gasteiger partial charge in [-0.15, -0.1) is 0 Å². The van der Waals surface area contributed by atoms with Gasteiger partial charge in [-0.2, -0.15) is 0 Å². The van der Waals surface area contributed by atoms with Crippen molar-refractivity contribution < 1.29 is 19.1 Å². The maximum absolute atomic E-state index is 12.7. The third kappa shape index (κ3) is 11.6. The maximum atomic E-state index is 12.7. The zero-order valence-electron chi connectivity index (χ0n) is 18.0. The van der Waals surface area contributed by atoms with Gasteiger partial charge in [0, 0.05) is 65.5 Å². The Hall–Kier alpha value is -1.22. The first kappa shape index (κ1) is 24.8. The molecule has 2 amide bonds. The minimum absolute atomic E-state index is 0.0661. The fourth-order valence-electron chi connectivity index (χ4n) is 2.98. The molecule has 1 rings (SSSR count). The summed E-state index contributed by atoms with van der Waals surface area (Å²) in [6.07, 6.45) is 3.04. The van der Waals surface area contributed by atoms with E-state index in [0.29, 0.717) is 45.8 Å². The zero-order valence-corrected chi connectivity index (χ0v) is 18.0. The standard InChI is InChI=1S/C20H40N4O4/c1-4-13-27-15-6-7-19(25)18(17-24-11-9-23(3)10-12-24)22-20(26)21-8-16-28-14-5-2/h18H,4-17H2,1-3H3,(H2,21,22,26). The van der Waals surface area contributed by atoms with Gasteiger partial charge >= 0.3 is 6.03 Å². The number of hydrogen-bond acceptors (Lipinski definition) is 6. The molecular formula is C20H40N4O4. The topological polar surface area (TPSA) is 83.1 Å². The second kappa shape index (κ2) is 15.7. The van der Waals surface area contributed by atoms with Gasteiger partial charge in [0.05, 0.1) is 6.61 Å². The van der Waals surface area contributed by atoms with Gasteiger partial charge in [-0.25, -0.2) is 4.79 Å². The molecule has 0 aromatic heterocycles. The molecule has 0 radical (unpaired) electrons. The van der Waals surface area contributed by atoms with Gasteiger partial charge in [-0.3, -0.25) is 9.69 Å². The number of piperazine rings is 1. The molecule has 1 unspecified atom stereocenters. The highest BCUT2D eigenvalue weighted by atomic mass is 16.5. The predicted molar refractivity (Wildman–Crippen MR) is 111 cm³/mol.